The zero-order valence-electron chi connectivity index (χ0n) is 17.1. The normalized spacial score (nSPS) is 15.7. The number of anilines is 2. The van der Waals surface area contributed by atoms with E-state index in [1.807, 2.05) is 42.5 Å². The first-order valence-corrected chi connectivity index (χ1v) is 10.3. The van der Waals surface area contributed by atoms with Gasteiger partial charge in [-0.3, -0.25) is 9.59 Å². The fourth-order valence-electron chi connectivity index (χ4n) is 4.13. The Hall–Kier alpha value is -3.35. The SMILES string of the molecule is CC(=O)Nc1cccc2c1CCN(C(=O)NCc1cccc(N3CCCC3=O)c1)C2. The molecule has 30 heavy (non-hydrogen) atoms. The second-order valence-corrected chi connectivity index (χ2v) is 7.77. The van der Waals surface area contributed by atoms with Crippen LogP contribution in [0.5, 0.6) is 0 Å². The first-order chi connectivity index (χ1) is 14.5. The maximum absolute atomic E-state index is 12.7. The number of nitrogens with zero attached hydrogens (tertiary/aromatic N) is 2. The summed E-state index contributed by atoms with van der Waals surface area (Å²) >= 11 is 0. The Morgan fingerprint density at radius 3 is 2.67 bits per heavy atom. The van der Waals surface area contributed by atoms with Crippen LogP contribution in [0.1, 0.15) is 36.5 Å². The summed E-state index contributed by atoms with van der Waals surface area (Å²) in [5, 5.41) is 5.86. The van der Waals surface area contributed by atoms with Crippen LogP contribution in [0.15, 0.2) is 42.5 Å². The molecule has 0 radical (unpaired) electrons. The van der Waals surface area contributed by atoms with Gasteiger partial charge >= 0.3 is 6.03 Å². The van der Waals surface area contributed by atoms with Gasteiger partial charge in [0.05, 0.1) is 0 Å². The van der Waals surface area contributed by atoms with Gasteiger partial charge in [0.2, 0.25) is 11.8 Å². The number of rotatable bonds is 4. The van der Waals surface area contributed by atoms with E-state index in [4.69, 9.17) is 0 Å². The van der Waals surface area contributed by atoms with Crippen LogP contribution in [0.2, 0.25) is 0 Å². The predicted octanol–water partition coefficient (Wildman–Crippen LogP) is 3.04. The van der Waals surface area contributed by atoms with Gasteiger partial charge in [-0.1, -0.05) is 24.3 Å². The Morgan fingerprint density at radius 1 is 1.07 bits per heavy atom. The van der Waals surface area contributed by atoms with Crippen LogP contribution in [-0.2, 0) is 29.1 Å². The van der Waals surface area contributed by atoms with Crippen molar-refractivity contribution < 1.29 is 14.4 Å². The number of nitrogens with one attached hydrogen (secondary N) is 2. The largest absolute Gasteiger partial charge is 0.334 e. The molecule has 0 bridgehead atoms. The lowest BCUT2D eigenvalue weighted by atomic mass is 9.98. The van der Waals surface area contributed by atoms with Gasteiger partial charge < -0.3 is 20.4 Å². The molecule has 1 fully saturated rings. The second kappa shape index (κ2) is 8.57. The van der Waals surface area contributed by atoms with Crippen LogP contribution in [0.4, 0.5) is 16.2 Å². The maximum atomic E-state index is 12.7. The predicted molar refractivity (Wildman–Crippen MR) is 115 cm³/mol. The molecule has 7 nitrogen and oxygen atoms in total. The summed E-state index contributed by atoms with van der Waals surface area (Å²) in [6.07, 6.45) is 2.19. The van der Waals surface area contributed by atoms with Gasteiger partial charge in [0.1, 0.15) is 0 Å². The van der Waals surface area contributed by atoms with Gasteiger partial charge in [0.15, 0.2) is 0 Å². The van der Waals surface area contributed by atoms with E-state index >= 15 is 0 Å². The lowest BCUT2D eigenvalue weighted by molar-refractivity contribution is -0.117. The van der Waals surface area contributed by atoms with Gasteiger partial charge in [-0.2, -0.15) is 0 Å². The zero-order chi connectivity index (χ0) is 21.1. The van der Waals surface area contributed by atoms with Crippen LogP contribution in [-0.4, -0.2) is 35.8 Å². The highest BCUT2D eigenvalue weighted by molar-refractivity contribution is 5.95. The van der Waals surface area contributed by atoms with Gasteiger partial charge in [0, 0.05) is 50.9 Å². The lowest BCUT2D eigenvalue weighted by Gasteiger charge is -2.30. The third-order valence-corrected chi connectivity index (χ3v) is 5.60. The molecule has 4 rings (SSSR count). The molecular weight excluding hydrogens is 380 g/mol. The Morgan fingerprint density at radius 2 is 1.90 bits per heavy atom. The summed E-state index contributed by atoms with van der Waals surface area (Å²) in [5.74, 6) is 0.0585. The molecule has 2 N–H and O–H groups in total. The maximum Gasteiger partial charge on any atom is 0.317 e. The summed E-state index contributed by atoms with van der Waals surface area (Å²) in [6.45, 7) is 3.76. The van der Waals surface area contributed by atoms with Crippen LogP contribution >= 0.6 is 0 Å². The number of carbonyl (C=O) groups excluding carboxylic acids is 3. The molecule has 0 saturated carbocycles. The lowest BCUT2D eigenvalue weighted by Crippen LogP contribution is -2.42. The molecule has 1 saturated heterocycles. The molecular formula is C23H26N4O3. The minimum atomic E-state index is -0.117. The fraction of sp³-hybridized carbons (Fsp3) is 0.348. The number of benzene rings is 2. The molecule has 156 valence electrons. The Kier molecular flexibility index (Phi) is 5.70. The third kappa shape index (κ3) is 4.30. The number of hydrogen-bond donors (Lipinski definition) is 2. The average Bonchev–Trinajstić information content (AvgIpc) is 3.17. The van der Waals surface area contributed by atoms with E-state index in [1.165, 1.54) is 6.92 Å². The van der Waals surface area contributed by atoms with E-state index in [9.17, 15) is 14.4 Å². The van der Waals surface area contributed by atoms with E-state index in [0.717, 1.165) is 41.0 Å². The summed E-state index contributed by atoms with van der Waals surface area (Å²) in [5.41, 5.74) is 4.83. The zero-order valence-corrected chi connectivity index (χ0v) is 17.1. The Bertz CT molecular complexity index is 988. The van der Waals surface area contributed by atoms with Crippen molar-refractivity contribution in [3.63, 3.8) is 0 Å². The quantitative estimate of drug-likeness (QED) is 0.819. The van der Waals surface area contributed by atoms with E-state index in [-0.39, 0.29) is 17.8 Å². The van der Waals surface area contributed by atoms with Crippen LogP contribution < -0.4 is 15.5 Å². The first kappa shape index (κ1) is 19.9. The highest BCUT2D eigenvalue weighted by atomic mass is 16.2. The van der Waals surface area contributed by atoms with Gasteiger partial charge in [-0.25, -0.2) is 4.79 Å². The summed E-state index contributed by atoms with van der Waals surface area (Å²) in [4.78, 5) is 39.7. The van der Waals surface area contributed by atoms with Crippen molar-refractivity contribution >= 4 is 29.2 Å². The summed E-state index contributed by atoms with van der Waals surface area (Å²) in [7, 11) is 0. The molecule has 2 aliphatic heterocycles. The smallest absolute Gasteiger partial charge is 0.317 e. The highest BCUT2D eigenvalue weighted by Crippen LogP contribution is 2.26. The van der Waals surface area contributed by atoms with E-state index < -0.39 is 0 Å². The van der Waals surface area contributed by atoms with Crippen molar-refractivity contribution in [1.82, 2.24) is 10.2 Å². The van der Waals surface area contributed by atoms with Gasteiger partial charge in [0.25, 0.3) is 0 Å². The van der Waals surface area contributed by atoms with E-state index in [1.54, 1.807) is 9.80 Å². The van der Waals surface area contributed by atoms with Crippen LogP contribution in [0.3, 0.4) is 0 Å². The highest BCUT2D eigenvalue weighted by Gasteiger charge is 2.23. The second-order valence-electron chi connectivity index (χ2n) is 7.77. The van der Waals surface area contributed by atoms with Crippen molar-refractivity contribution in [2.24, 2.45) is 0 Å². The Labute approximate surface area is 176 Å². The van der Waals surface area contributed by atoms with Gasteiger partial charge in [-0.05, 0) is 47.7 Å². The monoisotopic (exact) mass is 406 g/mol. The molecule has 4 amide bonds. The minimum absolute atomic E-state index is 0.0959. The average molecular weight is 406 g/mol. The van der Waals surface area contributed by atoms with Gasteiger partial charge in [-0.15, -0.1) is 0 Å². The number of carbonyl (C=O) groups is 3. The van der Waals surface area contributed by atoms with E-state index in [2.05, 4.69) is 10.6 Å². The third-order valence-electron chi connectivity index (χ3n) is 5.60. The van der Waals surface area contributed by atoms with Crippen molar-refractivity contribution in [3.8, 4) is 0 Å². The number of fused-ring (bicyclic) bond motifs is 1. The molecule has 2 aromatic rings. The molecule has 2 heterocycles. The van der Waals surface area contributed by atoms with Crippen molar-refractivity contribution in [2.75, 3.05) is 23.3 Å². The van der Waals surface area contributed by atoms with Crippen molar-refractivity contribution in [3.05, 3.63) is 59.2 Å². The van der Waals surface area contributed by atoms with Crippen molar-refractivity contribution in [1.29, 1.82) is 0 Å². The molecule has 7 heteroatoms. The Balaban J connectivity index is 1.38. The van der Waals surface area contributed by atoms with E-state index in [0.29, 0.717) is 32.5 Å². The molecule has 0 atom stereocenters. The fourth-order valence-corrected chi connectivity index (χ4v) is 4.13. The van der Waals surface area contributed by atoms with Crippen molar-refractivity contribution in [2.45, 2.75) is 39.3 Å². The molecule has 0 aromatic heterocycles. The minimum Gasteiger partial charge on any atom is -0.334 e. The molecule has 0 spiro atoms. The summed E-state index contributed by atoms with van der Waals surface area (Å²) < 4.78 is 0. The van der Waals surface area contributed by atoms with Crippen LogP contribution in [0, 0.1) is 0 Å². The first-order valence-electron chi connectivity index (χ1n) is 10.3. The standard InChI is InChI=1S/C23H26N4O3/c1-16(28)25-21-8-3-6-18-15-26(12-10-20(18)21)23(30)24-14-17-5-2-7-19(13-17)27-11-4-9-22(27)29/h2-3,5-8,13H,4,9-12,14-15H2,1H3,(H,24,30)(H,25,28). The molecule has 0 unspecified atom stereocenters. The molecule has 0 aliphatic carbocycles. The number of urea groups is 1. The molecule has 2 aromatic carbocycles. The topological polar surface area (TPSA) is 81.8 Å². The number of amides is 4. The summed E-state index contributed by atoms with van der Waals surface area (Å²) in [6, 6.07) is 13.4. The number of hydrogen-bond acceptors (Lipinski definition) is 3. The van der Waals surface area contributed by atoms with Crippen LogP contribution in [0.25, 0.3) is 0 Å². The molecule has 2 aliphatic rings.